The monoisotopic (exact) mass is 694 g/mol. The van der Waals surface area contributed by atoms with Crippen LogP contribution >= 0.6 is 0 Å². The van der Waals surface area contributed by atoms with Crippen LogP contribution < -0.4 is 0 Å². The number of hydrogen-bond donors (Lipinski definition) is 0. The Bertz CT molecular complexity index is 2830. The van der Waals surface area contributed by atoms with E-state index in [2.05, 4.69) is 200 Å². The largest absolute Gasteiger partial charge is 0.0619 e. The standard InChI is InChI=1S/C54H46/c1-52(2,3)37-25-20-33(21-26-37)50-41-16-8-9-17-42(41)51(36-24-29-48-44(31-36)39-15-11-13-19-47(39)53(48,4)5)45-30-34(23-28-43(45)50)35-22-27-40-38-14-10-12-18-46(38)54(6,7)49(40)32-35/h8-32H,1-7H3. The normalized spacial score (nSPS) is 14.9. The minimum absolute atomic E-state index is 0.0359. The highest BCUT2D eigenvalue weighted by Gasteiger charge is 2.36. The van der Waals surface area contributed by atoms with Crippen LogP contribution in [0.25, 0.3) is 77.2 Å². The molecule has 10 rings (SSSR count). The zero-order chi connectivity index (χ0) is 37.1. The smallest absolute Gasteiger partial charge is 0.0159 e. The zero-order valence-electron chi connectivity index (χ0n) is 32.4. The molecule has 0 saturated carbocycles. The molecule has 0 heterocycles. The third kappa shape index (κ3) is 4.69. The second-order valence-corrected chi connectivity index (χ2v) is 17.7. The van der Waals surface area contributed by atoms with Crippen LogP contribution in [0.2, 0.25) is 0 Å². The van der Waals surface area contributed by atoms with Gasteiger partial charge in [0.15, 0.2) is 0 Å². The van der Waals surface area contributed by atoms with Crippen molar-refractivity contribution < 1.29 is 0 Å². The average Bonchev–Trinajstić information content (AvgIpc) is 3.55. The predicted octanol–water partition coefficient (Wildman–Crippen LogP) is 14.9. The first kappa shape index (κ1) is 32.9. The maximum atomic E-state index is 2.48. The Morgan fingerprint density at radius 3 is 1.46 bits per heavy atom. The van der Waals surface area contributed by atoms with Gasteiger partial charge in [0.2, 0.25) is 0 Å². The molecule has 0 atom stereocenters. The minimum atomic E-state index is -0.0545. The van der Waals surface area contributed by atoms with E-state index in [-0.39, 0.29) is 16.2 Å². The first-order chi connectivity index (χ1) is 25.9. The fraction of sp³-hybridized carbons (Fsp3) is 0.185. The van der Waals surface area contributed by atoms with E-state index in [9.17, 15) is 0 Å². The van der Waals surface area contributed by atoms with Crippen molar-refractivity contribution in [2.24, 2.45) is 0 Å². The first-order valence-corrected chi connectivity index (χ1v) is 19.5. The van der Waals surface area contributed by atoms with Crippen molar-refractivity contribution >= 4 is 21.5 Å². The van der Waals surface area contributed by atoms with Crippen molar-refractivity contribution in [3.05, 3.63) is 179 Å². The molecule has 0 saturated heterocycles. The summed E-state index contributed by atoms with van der Waals surface area (Å²) in [7, 11) is 0. The van der Waals surface area contributed by atoms with E-state index in [1.54, 1.807) is 0 Å². The SMILES string of the molecule is CC(C)(C)c1ccc(-c2c3ccccc3c(-c3ccc4c(c3)-c3ccccc3C4(C)C)c3cc(-c4ccc5c(c4)C(C)(C)c4ccccc4-5)ccc23)cc1. The van der Waals surface area contributed by atoms with Crippen molar-refractivity contribution in [1.82, 2.24) is 0 Å². The minimum Gasteiger partial charge on any atom is -0.0619 e. The topological polar surface area (TPSA) is 0 Å². The first-order valence-electron chi connectivity index (χ1n) is 19.5. The molecule has 8 aromatic rings. The molecule has 2 aliphatic rings. The van der Waals surface area contributed by atoms with Crippen molar-refractivity contribution in [3.8, 4) is 55.6 Å². The van der Waals surface area contributed by atoms with Crippen molar-refractivity contribution in [1.29, 1.82) is 0 Å². The van der Waals surface area contributed by atoms with Crippen LogP contribution in [0.3, 0.4) is 0 Å². The summed E-state index contributed by atoms with van der Waals surface area (Å²) >= 11 is 0. The molecule has 0 bridgehead atoms. The van der Waals surface area contributed by atoms with E-state index in [4.69, 9.17) is 0 Å². The summed E-state index contributed by atoms with van der Waals surface area (Å²) in [5.74, 6) is 0. The molecule has 0 heteroatoms. The van der Waals surface area contributed by atoms with E-state index in [1.165, 1.54) is 105 Å². The van der Waals surface area contributed by atoms with E-state index < -0.39 is 0 Å². The fourth-order valence-electron chi connectivity index (χ4n) is 9.88. The highest BCUT2D eigenvalue weighted by molar-refractivity contribution is 6.22. The fourth-order valence-corrected chi connectivity index (χ4v) is 9.88. The van der Waals surface area contributed by atoms with Gasteiger partial charge in [0.25, 0.3) is 0 Å². The maximum absolute atomic E-state index is 2.48. The van der Waals surface area contributed by atoms with E-state index in [0.29, 0.717) is 0 Å². The van der Waals surface area contributed by atoms with E-state index >= 15 is 0 Å². The lowest BCUT2D eigenvalue weighted by Crippen LogP contribution is -2.14. The van der Waals surface area contributed by atoms with Gasteiger partial charge in [-0.25, -0.2) is 0 Å². The summed E-state index contributed by atoms with van der Waals surface area (Å²) in [6, 6.07) is 57.9. The molecule has 0 radical (unpaired) electrons. The molecule has 2 aliphatic carbocycles. The van der Waals surface area contributed by atoms with Crippen LogP contribution in [-0.2, 0) is 16.2 Å². The van der Waals surface area contributed by atoms with Crippen LogP contribution in [0.5, 0.6) is 0 Å². The lowest BCUT2D eigenvalue weighted by Gasteiger charge is -2.23. The van der Waals surface area contributed by atoms with Crippen LogP contribution in [0, 0.1) is 0 Å². The molecule has 0 unspecified atom stereocenters. The molecule has 0 aromatic heterocycles. The van der Waals surface area contributed by atoms with Crippen LogP contribution in [0.4, 0.5) is 0 Å². The highest BCUT2D eigenvalue weighted by Crippen LogP contribution is 2.53. The number of rotatable bonds is 3. The van der Waals surface area contributed by atoms with Gasteiger partial charge < -0.3 is 0 Å². The summed E-state index contributed by atoms with van der Waals surface area (Å²) in [6.45, 7) is 16.3. The van der Waals surface area contributed by atoms with Gasteiger partial charge in [0, 0.05) is 10.8 Å². The Kier molecular flexibility index (Phi) is 6.94. The summed E-state index contributed by atoms with van der Waals surface area (Å²) in [4.78, 5) is 0. The molecular formula is C54H46. The van der Waals surface area contributed by atoms with Gasteiger partial charge in [-0.1, -0.05) is 182 Å². The molecule has 0 N–H and O–H groups in total. The zero-order valence-corrected chi connectivity index (χ0v) is 32.4. The van der Waals surface area contributed by atoms with Gasteiger partial charge in [-0.2, -0.15) is 0 Å². The number of fused-ring (bicyclic) bond motifs is 8. The maximum Gasteiger partial charge on any atom is 0.0159 e. The molecule has 8 aromatic carbocycles. The summed E-state index contributed by atoms with van der Waals surface area (Å²) in [5, 5.41) is 5.14. The molecule has 0 nitrogen and oxygen atoms in total. The van der Waals surface area contributed by atoms with E-state index in [1.807, 2.05) is 0 Å². The molecule has 54 heavy (non-hydrogen) atoms. The van der Waals surface area contributed by atoms with Gasteiger partial charge in [-0.15, -0.1) is 0 Å². The molecule has 0 aliphatic heterocycles. The third-order valence-electron chi connectivity index (χ3n) is 12.9. The van der Waals surface area contributed by atoms with Crippen molar-refractivity contribution in [2.75, 3.05) is 0 Å². The molecular weight excluding hydrogens is 649 g/mol. The van der Waals surface area contributed by atoms with E-state index in [0.717, 1.165) is 0 Å². The Labute approximate surface area is 320 Å². The average molecular weight is 695 g/mol. The predicted molar refractivity (Wildman–Crippen MR) is 232 cm³/mol. The summed E-state index contributed by atoms with van der Waals surface area (Å²) in [6.07, 6.45) is 0. The molecule has 0 fully saturated rings. The molecule has 0 amide bonds. The molecule has 0 spiro atoms. The van der Waals surface area contributed by atoms with Crippen LogP contribution in [0.15, 0.2) is 152 Å². The Balaban J connectivity index is 1.25. The Morgan fingerprint density at radius 1 is 0.333 bits per heavy atom. The number of benzene rings is 8. The van der Waals surface area contributed by atoms with Gasteiger partial charge >= 0.3 is 0 Å². The second-order valence-electron chi connectivity index (χ2n) is 17.7. The third-order valence-corrected chi connectivity index (χ3v) is 12.9. The van der Waals surface area contributed by atoms with Gasteiger partial charge in [-0.05, 0) is 129 Å². The van der Waals surface area contributed by atoms with Gasteiger partial charge in [-0.3, -0.25) is 0 Å². The lowest BCUT2D eigenvalue weighted by atomic mass is 9.80. The summed E-state index contributed by atoms with van der Waals surface area (Å²) < 4.78 is 0. The second kappa shape index (κ2) is 11.4. The Morgan fingerprint density at radius 2 is 0.796 bits per heavy atom. The Hall–Kier alpha value is -5.72. The van der Waals surface area contributed by atoms with Crippen molar-refractivity contribution in [3.63, 3.8) is 0 Å². The quantitative estimate of drug-likeness (QED) is 0.162. The molecule has 262 valence electrons. The number of hydrogen-bond acceptors (Lipinski definition) is 0. The van der Waals surface area contributed by atoms with Crippen molar-refractivity contribution in [2.45, 2.75) is 64.7 Å². The van der Waals surface area contributed by atoms with Crippen LogP contribution in [0.1, 0.15) is 76.3 Å². The summed E-state index contributed by atoms with van der Waals surface area (Å²) in [5.41, 5.74) is 20.0. The highest BCUT2D eigenvalue weighted by atomic mass is 14.4. The van der Waals surface area contributed by atoms with Crippen LogP contribution in [-0.4, -0.2) is 0 Å². The lowest BCUT2D eigenvalue weighted by molar-refractivity contribution is 0.590. The van der Waals surface area contributed by atoms with Gasteiger partial charge in [0.1, 0.15) is 0 Å². The van der Waals surface area contributed by atoms with Gasteiger partial charge in [0.05, 0.1) is 0 Å².